The van der Waals surface area contributed by atoms with Crippen molar-refractivity contribution in [3.8, 4) is 22.8 Å². The SMILES string of the molecule is O=C(O)c1cnn(-c2cccc(-c3cc(Cl)ccc3OCc3ccc(C4CCC(C(F)F)CC4)cc3)n2)c1C(F)(F)F. The number of ether oxygens (including phenoxy) is 1. The van der Waals surface area contributed by atoms with Crippen molar-refractivity contribution in [1.82, 2.24) is 14.8 Å². The highest BCUT2D eigenvalue weighted by Crippen LogP contribution is 2.39. The number of carboxylic acids is 1. The number of carbonyl (C=O) groups is 1. The number of hydrogen-bond donors (Lipinski definition) is 1. The lowest BCUT2D eigenvalue weighted by molar-refractivity contribution is -0.143. The van der Waals surface area contributed by atoms with E-state index in [9.17, 15) is 31.9 Å². The molecule has 0 atom stereocenters. The van der Waals surface area contributed by atoms with Crippen LogP contribution in [0.15, 0.2) is 66.9 Å². The first kappa shape index (κ1) is 29.5. The highest BCUT2D eigenvalue weighted by Gasteiger charge is 2.41. The summed E-state index contributed by atoms with van der Waals surface area (Å²) in [7, 11) is 0. The zero-order valence-electron chi connectivity index (χ0n) is 22.0. The van der Waals surface area contributed by atoms with E-state index in [1.807, 2.05) is 24.3 Å². The summed E-state index contributed by atoms with van der Waals surface area (Å²) in [6.45, 7) is 0.173. The molecule has 12 heteroatoms. The second-order valence-electron chi connectivity index (χ2n) is 10.1. The summed E-state index contributed by atoms with van der Waals surface area (Å²) in [5.74, 6) is -1.90. The van der Waals surface area contributed by atoms with E-state index < -0.39 is 35.7 Å². The number of nitrogens with zero attached hydrogens (tertiary/aromatic N) is 3. The first-order valence-electron chi connectivity index (χ1n) is 13.2. The summed E-state index contributed by atoms with van der Waals surface area (Å²) in [6.07, 6.45) is -4.15. The van der Waals surface area contributed by atoms with Gasteiger partial charge in [-0.25, -0.2) is 23.2 Å². The molecule has 1 aliphatic rings. The van der Waals surface area contributed by atoms with Gasteiger partial charge in [-0.1, -0.05) is 41.9 Å². The van der Waals surface area contributed by atoms with Crippen molar-refractivity contribution >= 4 is 17.6 Å². The number of benzene rings is 2. The van der Waals surface area contributed by atoms with Gasteiger partial charge in [0.1, 0.15) is 17.9 Å². The lowest BCUT2D eigenvalue weighted by Gasteiger charge is -2.28. The third-order valence-electron chi connectivity index (χ3n) is 7.41. The fraction of sp³-hybridized carbons (Fsp3) is 0.300. The topological polar surface area (TPSA) is 77.2 Å². The number of rotatable bonds is 8. The van der Waals surface area contributed by atoms with E-state index in [1.54, 1.807) is 24.3 Å². The third kappa shape index (κ3) is 6.41. The van der Waals surface area contributed by atoms with Crippen molar-refractivity contribution in [2.45, 2.75) is 50.8 Å². The molecule has 5 rings (SSSR count). The Morgan fingerprint density at radius 3 is 2.40 bits per heavy atom. The molecule has 1 fully saturated rings. The molecule has 1 aliphatic carbocycles. The van der Waals surface area contributed by atoms with Crippen LogP contribution in [0.25, 0.3) is 17.1 Å². The molecule has 4 aromatic rings. The van der Waals surface area contributed by atoms with Gasteiger partial charge in [-0.3, -0.25) is 0 Å². The molecule has 2 aromatic heterocycles. The fourth-order valence-electron chi connectivity index (χ4n) is 5.22. The Morgan fingerprint density at radius 2 is 1.76 bits per heavy atom. The zero-order valence-corrected chi connectivity index (χ0v) is 22.7. The van der Waals surface area contributed by atoms with Gasteiger partial charge in [-0.2, -0.15) is 18.3 Å². The molecule has 0 radical (unpaired) electrons. The fourth-order valence-corrected chi connectivity index (χ4v) is 5.39. The average Bonchev–Trinajstić information content (AvgIpc) is 3.44. The van der Waals surface area contributed by atoms with Gasteiger partial charge in [0.05, 0.1) is 11.9 Å². The molecule has 6 nitrogen and oxygen atoms in total. The summed E-state index contributed by atoms with van der Waals surface area (Å²) in [6, 6.07) is 16.9. The van der Waals surface area contributed by atoms with Crippen LogP contribution in [0, 0.1) is 5.92 Å². The van der Waals surface area contributed by atoms with Crippen LogP contribution in [0.4, 0.5) is 22.0 Å². The standard InChI is InChI=1S/C30H25ClF5N3O3/c31-21-12-13-25(42-16-17-4-6-18(7-5-17)19-8-10-20(11-9-19)28(32)33)22(14-21)24-2-1-3-26(38-24)39-27(30(34,35)36)23(15-37-39)29(40)41/h1-7,12-15,19-20,28H,8-11,16H2,(H,40,41). The Balaban J connectivity index is 1.36. The Hall–Kier alpha value is -3.99. The highest BCUT2D eigenvalue weighted by atomic mass is 35.5. The minimum atomic E-state index is -4.99. The van der Waals surface area contributed by atoms with Gasteiger partial charge in [-0.05, 0) is 73.1 Å². The van der Waals surface area contributed by atoms with Gasteiger partial charge < -0.3 is 9.84 Å². The van der Waals surface area contributed by atoms with E-state index in [4.69, 9.17) is 16.3 Å². The van der Waals surface area contributed by atoms with E-state index >= 15 is 0 Å². The predicted octanol–water partition coefficient (Wildman–Crippen LogP) is 8.42. The summed E-state index contributed by atoms with van der Waals surface area (Å²) in [5, 5.41) is 13.2. The van der Waals surface area contributed by atoms with E-state index in [0.29, 0.717) is 40.1 Å². The van der Waals surface area contributed by atoms with Crippen molar-refractivity contribution < 1.29 is 36.6 Å². The van der Waals surface area contributed by atoms with Crippen molar-refractivity contribution in [2.75, 3.05) is 0 Å². The van der Waals surface area contributed by atoms with Gasteiger partial charge in [0.15, 0.2) is 11.5 Å². The Bertz CT molecular complexity index is 1570. The molecule has 2 heterocycles. The van der Waals surface area contributed by atoms with Crippen LogP contribution in [-0.4, -0.2) is 32.3 Å². The van der Waals surface area contributed by atoms with Crippen LogP contribution >= 0.6 is 11.6 Å². The first-order valence-corrected chi connectivity index (χ1v) is 13.5. The molecule has 0 aliphatic heterocycles. The number of aromatic nitrogens is 3. The van der Waals surface area contributed by atoms with Gasteiger partial charge in [-0.15, -0.1) is 0 Å². The van der Waals surface area contributed by atoms with E-state index in [2.05, 4.69) is 10.1 Å². The summed E-state index contributed by atoms with van der Waals surface area (Å²) in [5.41, 5.74) is 0.162. The number of hydrogen-bond acceptors (Lipinski definition) is 4. The van der Waals surface area contributed by atoms with E-state index in [0.717, 1.165) is 24.0 Å². The van der Waals surface area contributed by atoms with Crippen LogP contribution in [0.3, 0.4) is 0 Å². The largest absolute Gasteiger partial charge is 0.488 e. The lowest BCUT2D eigenvalue weighted by atomic mass is 9.79. The van der Waals surface area contributed by atoms with Crippen LogP contribution < -0.4 is 4.74 Å². The number of alkyl halides is 5. The summed E-state index contributed by atoms with van der Waals surface area (Å²) in [4.78, 5) is 15.7. The second kappa shape index (κ2) is 12.1. The normalized spacial score (nSPS) is 17.4. The van der Waals surface area contributed by atoms with Crippen LogP contribution in [0.5, 0.6) is 5.75 Å². The monoisotopic (exact) mass is 605 g/mol. The van der Waals surface area contributed by atoms with E-state index in [1.165, 1.54) is 12.1 Å². The van der Waals surface area contributed by atoms with Crippen molar-refractivity contribution in [1.29, 1.82) is 0 Å². The van der Waals surface area contributed by atoms with Crippen molar-refractivity contribution in [2.24, 2.45) is 5.92 Å². The first-order chi connectivity index (χ1) is 20.0. The maximum atomic E-state index is 13.7. The molecule has 0 amide bonds. The molecule has 0 saturated heterocycles. The maximum absolute atomic E-state index is 13.7. The van der Waals surface area contributed by atoms with Crippen LogP contribution in [-0.2, 0) is 12.8 Å². The molecular formula is C30H25ClF5N3O3. The van der Waals surface area contributed by atoms with Crippen LogP contribution in [0.1, 0.15) is 58.8 Å². The lowest BCUT2D eigenvalue weighted by Crippen LogP contribution is -2.19. The molecular weight excluding hydrogens is 581 g/mol. The van der Waals surface area contributed by atoms with Gasteiger partial charge >= 0.3 is 12.1 Å². The number of carboxylic acid groups (broad SMARTS) is 1. The number of aromatic carboxylic acids is 1. The minimum absolute atomic E-state index is 0.173. The molecule has 1 saturated carbocycles. The molecule has 0 unspecified atom stereocenters. The highest BCUT2D eigenvalue weighted by molar-refractivity contribution is 6.31. The molecule has 0 bridgehead atoms. The quantitative estimate of drug-likeness (QED) is 0.204. The summed E-state index contributed by atoms with van der Waals surface area (Å²) < 4.78 is 73.7. The van der Waals surface area contributed by atoms with Crippen molar-refractivity contribution in [3.63, 3.8) is 0 Å². The van der Waals surface area contributed by atoms with E-state index in [-0.39, 0.29) is 24.0 Å². The molecule has 42 heavy (non-hydrogen) atoms. The molecule has 2 aromatic carbocycles. The van der Waals surface area contributed by atoms with Crippen molar-refractivity contribution in [3.05, 3.63) is 94.3 Å². The predicted molar refractivity (Wildman–Crippen MR) is 145 cm³/mol. The third-order valence-corrected chi connectivity index (χ3v) is 7.65. The average molecular weight is 606 g/mol. The Kier molecular flexibility index (Phi) is 8.49. The van der Waals surface area contributed by atoms with Crippen LogP contribution in [0.2, 0.25) is 5.02 Å². The number of halogens is 6. The minimum Gasteiger partial charge on any atom is -0.488 e. The zero-order chi connectivity index (χ0) is 30.0. The molecule has 1 N–H and O–H groups in total. The number of pyridine rings is 1. The Labute approximate surface area is 242 Å². The smallest absolute Gasteiger partial charge is 0.434 e. The Morgan fingerprint density at radius 1 is 1.05 bits per heavy atom. The van der Waals surface area contributed by atoms with Gasteiger partial charge in [0.2, 0.25) is 6.43 Å². The summed E-state index contributed by atoms with van der Waals surface area (Å²) >= 11 is 6.22. The second-order valence-corrected chi connectivity index (χ2v) is 10.6. The maximum Gasteiger partial charge on any atom is 0.434 e. The molecule has 0 spiro atoms. The van der Waals surface area contributed by atoms with Gasteiger partial charge in [0.25, 0.3) is 0 Å². The van der Waals surface area contributed by atoms with Gasteiger partial charge in [0, 0.05) is 16.5 Å². The molecule has 220 valence electrons.